The lowest BCUT2D eigenvalue weighted by atomic mass is 10.2. The van der Waals surface area contributed by atoms with Crippen LogP contribution in [0.1, 0.15) is 24.2 Å². The van der Waals surface area contributed by atoms with Gasteiger partial charge in [0.25, 0.3) is 0 Å². The Bertz CT molecular complexity index is 565. The fraction of sp³-hybridized carbons (Fsp3) is 0.231. The van der Waals surface area contributed by atoms with E-state index in [1.807, 2.05) is 13.0 Å². The van der Waals surface area contributed by atoms with Gasteiger partial charge in [0.05, 0.1) is 11.3 Å². The average Bonchev–Trinajstić information content (AvgIpc) is 2.39. The molecule has 0 amide bonds. The van der Waals surface area contributed by atoms with Crippen LogP contribution in [0.3, 0.4) is 0 Å². The molecule has 0 radical (unpaired) electrons. The molecule has 106 valence electrons. The molecule has 20 heavy (non-hydrogen) atoms. The van der Waals surface area contributed by atoms with Crippen LogP contribution in [0.25, 0.3) is 0 Å². The first-order valence-electron chi connectivity index (χ1n) is 5.79. The monoisotopic (exact) mass is 299 g/mol. The average molecular weight is 299 g/mol. The zero-order chi connectivity index (χ0) is 14.8. The van der Waals surface area contributed by atoms with Crippen LogP contribution in [0, 0.1) is 0 Å². The zero-order valence-electron chi connectivity index (χ0n) is 10.6. The molecule has 0 aliphatic carbocycles. The second-order valence-electron chi connectivity index (χ2n) is 4.19. The number of nitrogens with zero attached hydrogens (tertiary/aromatic N) is 2. The summed E-state index contributed by atoms with van der Waals surface area (Å²) in [5, 5.41) is 0.480. The van der Waals surface area contributed by atoms with Crippen molar-refractivity contribution < 1.29 is 13.2 Å². The minimum absolute atomic E-state index is 0.154. The fourth-order valence-electron chi connectivity index (χ4n) is 1.45. The third-order valence-corrected chi connectivity index (χ3v) is 3.44. The van der Waals surface area contributed by atoms with Crippen molar-refractivity contribution >= 4 is 11.8 Å². The van der Waals surface area contributed by atoms with Gasteiger partial charge in [0.1, 0.15) is 5.03 Å². The molecule has 0 aliphatic rings. The Morgan fingerprint density at radius 2 is 1.85 bits per heavy atom. The standard InChI is InChI=1S/C13H12F3N3S/c1-8(17)11-4-3-10(7-18-11)20-12-5-2-9(6-19-12)13(14,15)16/h2-8H,17H2,1H3. The van der Waals surface area contributed by atoms with Crippen molar-refractivity contribution in [1.29, 1.82) is 0 Å². The highest BCUT2D eigenvalue weighted by Gasteiger charge is 2.30. The Hall–Kier alpha value is -1.60. The molecule has 0 fully saturated rings. The number of aromatic nitrogens is 2. The molecule has 7 heteroatoms. The van der Waals surface area contributed by atoms with E-state index in [-0.39, 0.29) is 6.04 Å². The molecule has 2 rings (SSSR count). The number of hydrogen-bond acceptors (Lipinski definition) is 4. The SMILES string of the molecule is CC(N)c1ccc(Sc2ccc(C(F)(F)F)cn2)cn1. The Labute approximate surface area is 118 Å². The molecule has 0 saturated heterocycles. The van der Waals surface area contributed by atoms with Crippen LogP contribution in [0.4, 0.5) is 13.2 Å². The van der Waals surface area contributed by atoms with Gasteiger partial charge in [-0.05, 0) is 31.2 Å². The van der Waals surface area contributed by atoms with Crippen LogP contribution in [0.15, 0.2) is 46.6 Å². The van der Waals surface area contributed by atoms with Gasteiger partial charge in [-0.2, -0.15) is 13.2 Å². The Kier molecular flexibility index (Phi) is 4.29. The Balaban J connectivity index is 2.10. The molecule has 2 aromatic heterocycles. The van der Waals surface area contributed by atoms with E-state index < -0.39 is 11.7 Å². The molecule has 0 saturated carbocycles. The summed E-state index contributed by atoms with van der Waals surface area (Å²) in [6.45, 7) is 1.83. The molecule has 1 atom stereocenters. The van der Waals surface area contributed by atoms with E-state index in [0.29, 0.717) is 5.03 Å². The van der Waals surface area contributed by atoms with E-state index in [4.69, 9.17) is 5.73 Å². The van der Waals surface area contributed by atoms with Gasteiger partial charge in [-0.25, -0.2) is 4.98 Å². The molecule has 0 aliphatic heterocycles. The van der Waals surface area contributed by atoms with Crippen LogP contribution < -0.4 is 5.73 Å². The normalized spacial score (nSPS) is 13.2. The van der Waals surface area contributed by atoms with Crippen molar-refractivity contribution in [2.24, 2.45) is 5.73 Å². The maximum atomic E-state index is 12.4. The van der Waals surface area contributed by atoms with Gasteiger partial charge in [-0.15, -0.1) is 0 Å². The van der Waals surface area contributed by atoms with Crippen molar-refractivity contribution in [2.75, 3.05) is 0 Å². The maximum Gasteiger partial charge on any atom is 0.417 e. The van der Waals surface area contributed by atoms with Crippen molar-refractivity contribution in [3.05, 3.63) is 47.9 Å². The molecule has 2 aromatic rings. The lowest BCUT2D eigenvalue weighted by Gasteiger charge is -2.07. The number of alkyl halides is 3. The summed E-state index contributed by atoms with van der Waals surface area (Å²) in [7, 11) is 0. The fourth-order valence-corrected chi connectivity index (χ4v) is 2.18. The molecular formula is C13H12F3N3S. The molecule has 0 spiro atoms. The Morgan fingerprint density at radius 3 is 2.30 bits per heavy atom. The van der Waals surface area contributed by atoms with Crippen molar-refractivity contribution in [3.8, 4) is 0 Å². The summed E-state index contributed by atoms with van der Waals surface area (Å²) in [5.41, 5.74) is 5.69. The highest BCUT2D eigenvalue weighted by atomic mass is 32.2. The predicted molar refractivity (Wildman–Crippen MR) is 70.2 cm³/mol. The summed E-state index contributed by atoms with van der Waals surface area (Å²) in [6, 6.07) is 5.80. The van der Waals surface area contributed by atoms with Crippen LogP contribution in [-0.2, 0) is 6.18 Å². The first-order valence-corrected chi connectivity index (χ1v) is 6.60. The van der Waals surface area contributed by atoms with Gasteiger partial charge in [-0.3, -0.25) is 4.98 Å². The first-order chi connectivity index (χ1) is 9.36. The van der Waals surface area contributed by atoms with Crippen LogP contribution in [0.5, 0.6) is 0 Å². The second-order valence-corrected chi connectivity index (χ2v) is 5.29. The van der Waals surface area contributed by atoms with Crippen molar-refractivity contribution in [1.82, 2.24) is 9.97 Å². The number of nitrogens with two attached hydrogens (primary N) is 1. The smallest absolute Gasteiger partial charge is 0.323 e. The Morgan fingerprint density at radius 1 is 1.10 bits per heavy atom. The number of hydrogen-bond donors (Lipinski definition) is 1. The van der Waals surface area contributed by atoms with E-state index in [1.54, 1.807) is 12.3 Å². The third kappa shape index (κ3) is 3.71. The van der Waals surface area contributed by atoms with Crippen LogP contribution in [-0.4, -0.2) is 9.97 Å². The van der Waals surface area contributed by atoms with Crippen LogP contribution in [0.2, 0.25) is 0 Å². The predicted octanol–water partition coefficient (Wildman–Crippen LogP) is 3.67. The van der Waals surface area contributed by atoms with Gasteiger partial charge in [0.2, 0.25) is 0 Å². The van der Waals surface area contributed by atoms with Crippen LogP contribution >= 0.6 is 11.8 Å². The molecule has 2 heterocycles. The van der Waals surface area contributed by atoms with E-state index in [1.165, 1.54) is 17.8 Å². The quantitative estimate of drug-likeness (QED) is 0.939. The van der Waals surface area contributed by atoms with Gasteiger partial charge in [-0.1, -0.05) is 11.8 Å². The van der Waals surface area contributed by atoms with E-state index in [0.717, 1.165) is 22.9 Å². The van der Waals surface area contributed by atoms with E-state index in [2.05, 4.69) is 9.97 Å². The summed E-state index contributed by atoms with van der Waals surface area (Å²) >= 11 is 1.25. The lowest BCUT2D eigenvalue weighted by Crippen LogP contribution is -2.06. The molecular weight excluding hydrogens is 287 g/mol. The number of rotatable bonds is 3. The van der Waals surface area contributed by atoms with Crippen molar-refractivity contribution in [3.63, 3.8) is 0 Å². The minimum atomic E-state index is -4.36. The molecule has 3 nitrogen and oxygen atoms in total. The number of pyridine rings is 2. The molecule has 0 aromatic carbocycles. The minimum Gasteiger partial charge on any atom is -0.323 e. The van der Waals surface area contributed by atoms with Crippen molar-refractivity contribution in [2.45, 2.75) is 29.1 Å². The topological polar surface area (TPSA) is 51.8 Å². The maximum absolute atomic E-state index is 12.4. The van der Waals surface area contributed by atoms with Gasteiger partial charge in [0.15, 0.2) is 0 Å². The second kappa shape index (κ2) is 5.80. The molecule has 0 bridgehead atoms. The highest BCUT2D eigenvalue weighted by molar-refractivity contribution is 7.99. The lowest BCUT2D eigenvalue weighted by molar-refractivity contribution is -0.137. The summed E-state index contributed by atoms with van der Waals surface area (Å²) < 4.78 is 37.2. The number of halogens is 3. The summed E-state index contributed by atoms with van der Waals surface area (Å²) in [4.78, 5) is 8.76. The summed E-state index contributed by atoms with van der Waals surface area (Å²) in [5.74, 6) is 0. The molecule has 2 N–H and O–H groups in total. The first kappa shape index (κ1) is 14.8. The zero-order valence-corrected chi connectivity index (χ0v) is 11.4. The van der Waals surface area contributed by atoms with E-state index >= 15 is 0 Å². The summed E-state index contributed by atoms with van der Waals surface area (Å²) in [6.07, 6.45) is -1.91. The largest absolute Gasteiger partial charge is 0.417 e. The van der Waals surface area contributed by atoms with Gasteiger partial charge >= 0.3 is 6.18 Å². The molecule has 1 unspecified atom stereocenters. The van der Waals surface area contributed by atoms with Gasteiger partial charge < -0.3 is 5.73 Å². The third-order valence-electron chi connectivity index (χ3n) is 2.51. The van der Waals surface area contributed by atoms with Gasteiger partial charge in [0, 0.05) is 23.3 Å². The highest BCUT2D eigenvalue weighted by Crippen LogP contribution is 2.31. The van der Waals surface area contributed by atoms with E-state index in [9.17, 15) is 13.2 Å².